The topological polar surface area (TPSA) is 83.6 Å². The van der Waals surface area contributed by atoms with Crippen LogP contribution in [0, 0.1) is 0 Å². The zero-order valence-electron chi connectivity index (χ0n) is 12.5. The van der Waals surface area contributed by atoms with Gasteiger partial charge in [0.15, 0.2) is 5.82 Å². The number of pyridine rings is 1. The van der Waals surface area contributed by atoms with E-state index in [4.69, 9.17) is 0 Å². The minimum atomic E-state index is -0.000335. The fourth-order valence-corrected chi connectivity index (χ4v) is 2.79. The second-order valence-corrected chi connectivity index (χ2v) is 5.98. The van der Waals surface area contributed by atoms with Crippen LogP contribution in [0.1, 0.15) is 28.3 Å². The molecule has 0 aliphatic carbocycles. The first-order chi connectivity index (χ1) is 11.3. The van der Waals surface area contributed by atoms with E-state index in [1.54, 1.807) is 12.4 Å². The van der Waals surface area contributed by atoms with Crippen molar-refractivity contribution >= 4 is 17.2 Å². The lowest BCUT2D eigenvalue weighted by atomic mass is 10.2. The summed E-state index contributed by atoms with van der Waals surface area (Å²) in [6, 6.07) is 7.47. The summed E-state index contributed by atoms with van der Waals surface area (Å²) in [4.78, 5) is 21.0. The SMILES string of the molecule is O=C(NCCCCc1nc(-c2ccncc2)n[nH]1)c1cccs1. The van der Waals surface area contributed by atoms with E-state index in [0.29, 0.717) is 12.4 Å². The highest BCUT2D eigenvalue weighted by molar-refractivity contribution is 7.12. The number of nitrogens with zero attached hydrogens (tertiary/aromatic N) is 3. The van der Waals surface area contributed by atoms with E-state index in [-0.39, 0.29) is 5.91 Å². The zero-order chi connectivity index (χ0) is 15.9. The summed E-state index contributed by atoms with van der Waals surface area (Å²) < 4.78 is 0. The van der Waals surface area contributed by atoms with Gasteiger partial charge in [-0.25, -0.2) is 4.98 Å². The highest BCUT2D eigenvalue weighted by Gasteiger charge is 2.07. The number of unbranched alkanes of at least 4 members (excludes halogenated alkanes) is 1. The number of carbonyl (C=O) groups is 1. The highest BCUT2D eigenvalue weighted by Crippen LogP contribution is 2.13. The van der Waals surface area contributed by atoms with Gasteiger partial charge in [0, 0.05) is 30.9 Å². The predicted octanol–water partition coefficient (Wildman–Crippen LogP) is 2.68. The van der Waals surface area contributed by atoms with Gasteiger partial charge >= 0.3 is 0 Å². The molecule has 0 saturated carbocycles. The largest absolute Gasteiger partial charge is 0.351 e. The molecule has 7 heteroatoms. The van der Waals surface area contributed by atoms with E-state index in [0.717, 1.165) is 35.5 Å². The van der Waals surface area contributed by atoms with Crippen LogP contribution in [0.4, 0.5) is 0 Å². The number of hydrogen-bond donors (Lipinski definition) is 2. The Balaban J connectivity index is 1.40. The van der Waals surface area contributed by atoms with Gasteiger partial charge in [-0.05, 0) is 36.4 Å². The van der Waals surface area contributed by atoms with Crippen molar-refractivity contribution in [3.05, 3.63) is 52.7 Å². The molecule has 0 aliphatic rings. The van der Waals surface area contributed by atoms with Gasteiger partial charge in [0.1, 0.15) is 5.82 Å². The van der Waals surface area contributed by atoms with E-state index in [1.165, 1.54) is 11.3 Å². The molecule has 118 valence electrons. The summed E-state index contributed by atoms with van der Waals surface area (Å²) in [5.41, 5.74) is 0.950. The zero-order valence-corrected chi connectivity index (χ0v) is 13.3. The molecule has 0 unspecified atom stereocenters. The number of aromatic amines is 1. The first-order valence-corrected chi connectivity index (χ1v) is 8.34. The van der Waals surface area contributed by atoms with Gasteiger partial charge in [-0.3, -0.25) is 14.9 Å². The maximum Gasteiger partial charge on any atom is 0.261 e. The molecule has 3 aromatic rings. The van der Waals surface area contributed by atoms with Crippen LogP contribution in [0.15, 0.2) is 42.0 Å². The van der Waals surface area contributed by atoms with Crippen molar-refractivity contribution in [3.63, 3.8) is 0 Å². The second kappa shape index (κ2) is 7.64. The van der Waals surface area contributed by atoms with Crippen LogP contribution in [0.3, 0.4) is 0 Å². The van der Waals surface area contributed by atoms with Gasteiger partial charge in [0.25, 0.3) is 5.91 Å². The summed E-state index contributed by atoms with van der Waals surface area (Å²) in [5, 5.41) is 12.0. The highest BCUT2D eigenvalue weighted by atomic mass is 32.1. The van der Waals surface area contributed by atoms with E-state index < -0.39 is 0 Å². The standard InChI is InChI=1S/C16H17N5OS/c22-16(13-4-3-11-23-13)18-8-2-1-5-14-19-15(21-20-14)12-6-9-17-10-7-12/h3-4,6-7,9-11H,1-2,5,8H2,(H,18,22)(H,19,20,21). The molecule has 0 saturated heterocycles. The van der Waals surface area contributed by atoms with Crippen molar-refractivity contribution in [3.8, 4) is 11.4 Å². The van der Waals surface area contributed by atoms with E-state index >= 15 is 0 Å². The normalized spacial score (nSPS) is 10.6. The minimum Gasteiger partial charge on any atom is -0.351 e. The van der Waals surface area contributed by atoms with Crippen LogP contribution in [0.25, 0.3) is 11.4 Å². The van der Waals surface area contributed by atoms with Crippen LogP contribution >= 0.6 is 11.3 Å². The summed E-state index contributed by atoms with van der Waals surface area (Å²) in [7, 11) is 0. The lowest BCUT2D eigenvalue weighted by molar-refractivity contribution is 0.0957. The molecule has 3 rings (SSSR count). The Kier molecular flexibility index (Phi) is 5.10. The van der Waals surface area contributed by atoms with Crippen LogP contribution in [0.2, 0.25) is 0 Å². The van der Waals surface area contributed by atoms with Crippen molar-refractivity contribution < 1.29 is 4.79 Å². The molecule has 0 fully saturated rings. The molecule has 3 aromatic heterocycles. The third kappa shape index (κ3) is 4.23. The molecule has 1 amide bonds. The number of nitrogens with one attached hydrogen (secondary N) is 2. The third-order valence-electron chi connectivity index (χ3n) is 3.34. The number of amides is 1. The van der Waals surface area contributed by atoms with Crippen LogP contribution < -0.4 is 5.32 Å². The molecular formula is C16H17N5OS. The molecule has 0 radical (unpaired) electrons. The molecule has 0 aromatic carbocycles. The van der Waals surface area contributed by atoms with Gasteiger partial charge in [-0.1, -0.05) is 6.07 Å². The monoisotopic (exact) mass is 327 g/mol. The lowest BCUT2D eigenvalue weighted by Gasteiger charge is -2.02. The Morgan fingerprint density at radius 1 is 1.22 bits per heavy atom. The third-order valence-corrected chi connectivity index (χ3v) is 4.21. The first-order valence-electron chi connectivity index (χ1n) is 7.46. The molecule has 0 aliphatic heterocycles. The molecule has 3 heterocycles. The first kappa shape index (κ1) is 15.4. The van der Waals surface area contributed by atoms with Gasteiger partial charge in [0.2, 0.25) is 0 Å². The van der Waals surface area contributed by atoms with Crippen LogP contribution in [-0.4, -0.2) is 32.6 Å². The van der Waals surface area contributed by atoms with Gasteiger partial charge in [-0.2, -0.15) is 5.10 Å². The van der Waals surface area contributed by atoms with Crippen molar-refractivity contribution in [1.29, 1.82) is 0 Å². The summed E-state index contributed by atoms with van der Waals surface area (Å²) in [5.74, 6) is 1.55. The minimum absolute atomic E-state index is 0.000335. The number of aromatic nitrogens is 4. The molecular weight excluding hydrogens is 310 g/mol. The summed E-state index contributed by atoms with van der Waals surface area (Å²) >= 11 is 1.45. The molecule has 0 bridgehead atoms. The Bertz CT molecular complexity index is 739. The van der Waals surface area contributed by atoms with Crippen LogP contribution in [-0.2, 0) is 6.42 Å². The molecule has 6 nitrogen and oxygen atoms in total. The number of hydrogen-bond acceptors (Lipinski definition) is 5. The van der Waals surface area contributed by atoms with Crippen molar-refractivity contribution in [1.82, 2.24) is 25.5 Å². The molecule has 2 N–H and O–H groups in total. The second-order valence-electron chi connectivity index (χ2n) is 5.03. The van der Waals surface area contributed by atoms with Crippen LogP contribution in [0.5, 0.6) is 0 Å². The van der Waals surface area contributed by atoms with E-state index in [1.807, 2.05) is 29.6 Å². The van der Waals surface area contributed by atoms with Gasteiger partial charge in [-0.15, -0.1) is 11.3 Å². The molecule has 0 atom stereocenters. The summed E-state index contributed by atoms with van der Waals surface area (Å²) in [6.45, 7) is 0.669. The lowest BCUT2D eigenvalue weighted by Crippen LogP contribution is -2.23. The Labute approximate surface area is 138 Å². The Morgan fingerprint density at radius 2 is 2.09 bits per heavy atom. The fraction of sp³-hybridized carbons (Fsp3) is 0.250. The average Bonchev–Trinajstić information content (AvgIpc) is 3.27. The predicted molar refractivity (Wildman–Crippen MR) is 89.2 cm³/mol. The number of rotatable bonds is 7. The Morgan fingerprint density at radius 3 is 2.87 bits per heavy atom. The molecule has 0 spiro atoms. The molecule has 23 heavy (non-hydrogen) atoms. The van der Waals surface area contributed by atoms with Crippen molar-refractivity contribution in [2.24, 2.45) is 0 Å². The number of H-pyrrole nitrogens is 1. The summed E-state index contributed by atoms with van der Waals surface area (Å²) in [6.07, 6.45) is 6.11. The smallest absolute Gasteiger partial charge is 0.261 e. The van der Waals surface area contributed by atoms with Gasteiger partial charge in [0.05, 0.1) is 4.88 Å². The Hall–Kier alpha value is -2.54. The number of thiophene rings is 1. The number of aryl methyl sites for hydroxylation is 1. The number of carbonyl (C=O) groups excluding carboxylic acids is 1. The fourth-order valence-electron chi connectivity index (χ4n) is 2.15. The van der Waals surface area contributed by atoms with E-state index in [9.17, 15) is 4.79 Å². The maximum absolute atomic E-state index is 11.8. The maximum atomic E-state index is 11.8. The van der Waals surface area contributed by atoms with Crippen molar-refractivity contribution in [2.75, 3.05) is 6.54 Å². The van der Waals surface area contributed by atoms with Gasteiger partial charge < -0.3 is 5.32 Å². The van der Waals surface area contributed by atoms with Crippen molar-refractivity contribution in [2.45, 2.75) is 19.3 Å². The average molecular weight is 327 g/mol. The quantitative estimate of drug-likeness (QED) is 0.654. The van der Waals surface area contributed by atoms with E-state index in [2.05, 4.69) is 25.5 Å².